The van der Waals surface area contributed by atoms with Crippen molar-refractivity contribution in [3.8, 4) is 0 Å². The van der Waals surface area contributed by atoms with E-state index in [0.29, 0.717) is 0 Å². The molecule has 4 unspecified atom stereocenters. The van der Waals surface area contributed by atoms with Crippen LogP contribution in [0, 0.1) is 35.5 Å². The van der Waals surface area contributed by atoms with E-state index in [1.807, 2.05) is 0 Å². The lowest BCUT2D eigenvalue weighted by atomic mass is 9.53. The van der Waals surface area contributed by atoms with Gasteiger partial charge in [-0.2, -0.15) is 0 Å². The first kappa shape index (κ1) is 6.23. The van der Waals surface area contributed by atoms with E-state index in [2.05, 4.69) is 12.2 Å². The van der Waals surface area contributed by atoms with Crippen LogP contribution in [0.25, 0.3) is 0 Å². The number of rotatable bonds is 0. The quantitative estimate of drug-likeness (QED) is 0.478. The molecule has 5 rings (SSSR count). The predicted octanol–water partition coefficient (Wildman–Crippen LogP) is 2.85. The Morgan fingerprint density at radius 2 is 1.67 bits per heavy atom. The van der Waals surface area contributed by atoms with Crippen molar-refractivity contribution in [2.75, 3.05) is 0 Å². The molecule has 0 nitrogen and oxygen atoms in total. The third-order valence-electron chi connectivity index (χ3n) is 5.11. The maximum atomic E-state index is 2.53. The van der Waals surface area contributed by atoms with Gasteiger partial charge in [-0.25, -0.2) is 0 Å². The van der Waals surface area contributed by atoms with Gasteiger partial charge in [0.15, 0.2) is 0 Å². The Bertz CT molecular complexity index is 247. The average Bonchev–Trinajstić information content (AvgIpc) is 2.61. The molecule has 4 saturated carbocycles. The molecule has 0 radical (unpaired) electrons. The van der Waals surface area contributed by atoms with Crippen LogP contribution in [0.5, 0.6) is 0 Å². The molecule has 0 aliphatic heterocycles. The highest BCUT2D eigenvalue weighted by Gasteiger charge is 2.55. The van der Waals surface area contributed by atoms with Crippen molar-refractivity contribution < 1.29 is 0 Å². The molecule has 4 bridgehead atoms. The normalized spacial score (nSPS) is 64.7. The Hall–Kier alpha value is -0.260. The summed E-state index contributed by atoms with van der Waals surface area (Å²) in [5.74, 6) is 6.64. The van der Waals surface area contributed by atoms with Crippen molar-refractivity contribution >= 4 is 0 Å². The molecule has 0 aromatic rings. The highest BCUT2D eigenvalue weighted by molar-refractivity contribution is 5.17. The van der Waals surface area contributed by atoms with E-state index in [1.165, 1.54) is 6.42 Å². The van der Waals surface area contributed by atoms with Gasteiger partial charge in [-0.05, 0) is 61.2 Å². The van der Waals surface area contributed by atoms with Crippen LogP contribution in [0.3, 0.4) is 0 Å². The summed E-state index contributed by atoms with van der Waals surface area (Å²) in [6.45, 7) is 0. The van der Waals surface area contributed by atoms with Gasteiger partial charge < -0.3 is 0 Å². The van der Waals surface area contributed by atoms with Crippen LogP contribution in [0.2, 0.25) is 0 Å². The molecule has 0 heterocycles. The van der Waals surface area contributed by atoms with E-state index in [4.69, 9.17) is 0 Å². The van der Waals surface area contributed by atoms with E-state index in [-0.39, 0.29) is 0 Å². The second-order valence-electron chi connectivity index (χ2n) is 5.52. The van der Waals surface area contributed by atoms with Gasteiger partial charge in [-0.3, -0.25) is 0 Å². The topological polar surface area (TPSA) is 0 Å². The van der Waals surface area contributed by atoms with Crippen LogP contribution in [-0.2, 0) is 0 Å². The minimum absolute atomic E-state index is 1.02. The van der Waals surface area contributed by atoms with Crippen molar-refractivity contribution in [3.63, 3.8) is 0 Å². The molecule has 5 aliphatic carbocycles. The zero-order valence-electron chi connectivity index (χ0n) is 7.45. The third-order valence-corrected chi connectivity index (χ3v) is 5.11. The standard InChI is InChI=1S/C12H16/c1-2-9-6-8(1)11-5-7-3-10(4-7)12(9)11/h1-2,7-12H,3-6H2. The average molecular weight is 160 g/mol. The summed E-state index contributed by atoms with van der Waals surface area (Å²) < 4.78 is 0. The van der Waals surface area contributed by atoms with E-state index < -0.39 is 0 Å². The zero-order chi connectivity index (χ0) is 7.71. The maximum absolute atomic E-state index is 2.53. The summed E-state index contributed by atoms with van der Waals surface area (Å²) in [4.78, 5) is 0. The molecule has 0 saturated heterocycles. The Balaban J connectivity index is 1.77. The lowest BCUT2D eigenvalue weighted by Gasteiger charge is -2.52. The van der Waals surface area contributed by atoms with Crippen LogP contribution >= 0.6 is 0 Å². The summed E-state index contributed by atoms with van der Waals surface area (Å²) >= 11 is 0. The Morgan fingerprint density at radius 3 is 2.50 bits per heavy atom. The summed E-state index contributed by atoms with van der Waals surface area (Å²) in [6.07, 6.45) is 11.4. The summed E-state index contributed by atoms with van der Waals surface area (Å²) in [6, 6.07) is 0. The lowest BCUT2D eigenvalue weighted by molar-refractivity contribution is -0.00771. The highest BCUT2D eigenvalue weighted by atomic mass is 14.6. The minimum atomic E-state index is 1.02. The van der Waals surface area contributed by atoms with Gasteiger partial charge in [0.05, 0.1) is 0 Å². The number of hydrogen-bond donors (Lipinski definition) is 0. The van der Waals surface area contributed by atoms with Gasteiger partial charge in [0.2, 0.25) is 0 Å². The molecule has 4 fully saturated rings. The predicted molar refractivity (Wildman–Crippen MR) is 48.5 cm³/mol. The summed E-state index contributed by atoms with van der Waals surface area (Å²) in [5.41, 5.74) is 0. The summed E-state index contributed by atoms with van der Waals surface area (Å²) in [5, 5.41) is 0. The Morgan fingerprint density at radius 1 is 0.833 bits per heavy atom. The number of fused-ring (bicyclic) bond motifs is 2. The zero-order valence-corrected chi connectivity index (χ0v) is 7.45. The first-order valence-electron chi connectivity index (χ1n) is 5.60. The van der Waals surface area contributed by atoms with Gasteiger partial charge in [0.25, 0.3) is 0 Å². The van der Waals surface area contributed by atoms with Crippen molar-refractivity contribution in [2.45, 2.75) is 25.7 Å². The van der Waals surface area contributed by atoms with Crippen molar-refractivity contribution in [3.05, 3.63) is 12.2 Å². The van der Waals surface area contributed by atoms with Crippen LogP contribution in [-0.4, -0.2) is 0 Å². The fraction of sp³-hybridized carbons (Fsp3) is 0.833. The molecule has 0 aromatic heterocycles. The minimum Gasteiger partial charge on any atom is -0.0848 e. The SMILES string of the molecule is C1=CC2CC1C1CC3CC(C3)C21. The van der Waals surface area contributed by atoms with Gasteiger partial charge in [0.1, 0.15) is 0 Å². The molecule has 12 heavy (non-hydrogen) atoms. The van der Waals surface area contributed by atoms with Crippen LogP contribution in [0.1, 0.15) is 25.7 Å². The maximum Gasteiger partial charge on any atom is -0.0194 e. The van der Waals surface area contributed by atoms with Gasteiger partial charge in [-0.15, -0.1) is 0 Å². The Kier molecular flexibility index (Phi) is 0.939. The fourth-order valence-corrected chi connectivity index (χ4v) is 4.67. The van der Waals surface area contributed by atoms with Gasteiger partial charge >= 0.3 is 0 Å². The van der Waals surface area contributed by atoms with E-state index in [1.54, 1.807) is 19.3 Å². The monoisotopic (exact) mass is 160 g/mol. The molecular formula is C12H16. The number of hydrogen-bond acceptors (Lipinski definition) is 0. The molecule has 0 spiro atoms. The van der Waals surface area contributed by atoms with Crippen LogP contribution < -0.4 is 0 Å². The summed E-state index contributed by atoms with van der Waals surface area (Å²) in [7, 11) is 0. The molecule has 0 aromatic carbocycles. The van der Waals surface area contributed by atoms with Crippen LogP contribution in [0.4, 0.5) is 0 Å². The first-order chi connectivity index (χ1) is 5.92. The largest absolute Gasteiger partial charge is 0.0848 e. The Labute approximate surface area is 74.0 Å². The second-order valence-corrected chi connectivity index (χ2v) is 5.52. The molecule has 0 amide bonds. The van der Waals surface area contributed by atoms with E-state index in [0.717, 1.165) is 35.5 Å². The van der Waals surface area contributed by atoms with E-state index >= 15 is 0 Å². The molecule has 0 N–H and O–H groups in total. The van der Waals surface area contributed by atoms with Crippen molar-refractivity contribution in [1.82, 2.24) is 0 Å². The third kappa shape index (κ3) is 0.551. The fourth-order valence-electron chi connectivity index (χ4n) is 4.67. The molecule has 5 aliphatic rings. The van der Waals surface area contributed by atoms with E-state index in [9.17, 15) is 0 Å². The molecule has 64 valence electrons. The van der Waals surface area contributed by atoms with Gasteiger partial charge in [0, 0.05) is 0 Å². The van der Waals surface area contributed by atoms with Gasteiger partial charge in [-0.1, -0.05) is 12.2 Å². The van der Waals surface area contributed by atoms with Crippen molar-refractivity contribution in [2.24, 2.45) is 35.5 Å². The van der Waals surface area contributed by atoms with Crippen molar-refractivity contribution in [1.29, 1.82) is 0 Å². The smallest absolute Gasteiger partial charge is 0.0194 e. The number of allylic oxidation sites excluding steroid dienone is 2. The second kappa shape index (κ2) is 1.81. The highest BCUT2D eigenvalue weighted by Crippen LogP contribution is 2.63. The first-order valence-corrected chi connectivity index (χ1v) is 5.60. The molecule has 4 atom stereocenters. The lowest BCUT2D eigenvalue weighted by Crippen LogP contribution is -2.43. The molecular weight excluding hydrogens is 144 g/mol. The molecule has 0 heteroatoms. The van der Waals surface area contributed by atoms with Crippen LogP contribution in [0.15, 0.2) is 12.2 Å².